The van der Waals surface area contributed by atoms with E-state index in [1.165, 1.54) is 4.72 Å². The number of sulfonamides is 1. The van der Waals surface area contributed by atoms with E-state index in [4.69, 9.17) is 16.7 Å². The van der Waals surface area contributed by atoms with Crippen molar-refractivity contribution in [2.45, 2.75) is 5.51 Å². The van der Waals surface area contributed by atoms with Crippen molar-refractivity contribution in [3.05, 3.63) is 28.8 Å². The molecule has 0 aliphatic heterocycles. The van der Waals surface area contributed by atoms with E-state index in [2.05, 4.69) is 0 Å². The van der Waals surface area contributed by atoms with Crippen molar-refractivity contribution in [3.63, 3.8) is 0 Å². The maximum atomic E-state index is 12.1. The van der Waals surface area contributed by atoms with E-state index in [0.29, 0.717) is 0 Å². The third kappa shape index (κ3) is 2.85. The number of hydrogen-bond acceptors (Lipinski definition) is 3. The Morgan fingerprint density at radius 2 is 1.89 bits per heavy atom. The molecule has 0 unspecified atom stereocenters. The number of nitrogens with one attached hydrogen (secondary N) is 1. The second-order valence-electron chi connectivity index (χ2n) is 3.02. The van der Waals surface area contributed by atoms with Gasteiger partial charge in [-0.25, -0.2) is 4.79 Å². The van der Waals surface area contributed by atoms with Gasteiger partial charge in [-0.2, -0.15) is 21.6 Å². The zero-order valence-electron chi connectivity index (χ0n) is 8.32. The van der Waals surface area contributed by atoms with Gasteiger partial charge in [0, 0.05) is 0 Å². The van der Waals surface area contributed by atoms with Gasteiger partial charge >= 0.3 is 21.5 Å². The summed E-state index contributed by atoms with van der Waals surface area (Å²) in [6.07, 6.45) is 0. The van der Waals surface area contributed by atoms with Crippen LogP contribution < -0.4 is 4.72 Å². The van der Waals surface area contributed by atoms with Crippen molar-refractivity contribution in [2.75, 3.05) is 4.72 Å². The molecule has 0 aliphatic carbocycles. The molecule has 0 aliphatic rings. The summed E-state index contributed by atoms with van der Waals surface area (Å²) >= 11 is 5.48. The zero-order valence-corrected chi connectivity index (χ0v) is 9.90. The molecule has 18 heavy (non-hydrogen) atoms. The minimum Gasteiger partial charge on any atom is -0.478 e. The lowest BCUT2D eigenvalue weighted by molar-refractivity contribution is -0.0429. The number of carbonyl (C=O) groups is 1. The number of alkyl halides is 3. The van der Waals surface area contributed by atoms with E-state index in [9.17, 15) is 26.4 Å². The molecule has 2 N–H and O–H groups in total. The normalized spacial score (nSPS) is 12.2. The van der Waals surface area contributed by atoms with Gasteiger partial charge in [-0.05, 0) is 12.1 Å². The molecule has 1 aromatic rings. The topological polar surface area (TPSA) is 83.5 Å². The Morgan fingerprint density at radius 1 is 1.33 bits per heavy atom. The summed E-state index contributed by atoms with van der Waals surface area (Å²) in [6, 6.07) is 3.00. The Morgan fingerprint density at radius 3 is 2.33 bits per heavy atom. The second-order valence-corrected chi connectivity index (χ2v) is 5.08. The summed E-state index contributed by atoms with van der Waals surface area (Å²) in [5.74, 6) is -1.49. The summed E-state index contributed by atoms with van der Waals surface area (Å²) in [4.78, 5) is 10.7. The second kappa shape index (κ2) is 4.65. The van der Waals surface area contributed by atoms with Gasteiger partial charge in [0.25, 0.3) is 0 Å². The summed E-state index contributed by atoms with van der Waals surface area (Å²) in [5.41, 5.74) is -6.69. The first kappa shape index (κ1) is 14.6. The molecular weight excluding hydrogens is 299 g/mol. The van der Waals surface area contributed by atoms with Gasteiger partial charge in [0.05, 0.1) is 16.3 Å². The van der Waals surface area contributed by atoms with Gasteiger partial charge in [-0.15, -0.1) is 0 Å². The van der Waals surface area contributed by atoms with Crippen LogP contribution in [0.15, 0.2) is 18.2 Å². The first-order valence-corrected chi connectivity index (χ1v) is 6.03. The number of anilines is 1. The molecular formula is C8H5ClF3NO4S. The van der Waals surface area contributed by atoms with Crippen molar-refractivity contribution in [3.8, 4) is 0 Å². The van der Waals surface area contributed by atoms with Crippen LogP contribution in [0, 0.1) is 0 Å². The fourth-order valence-electron chi connectivity index (χ4n) is 0.979. The van der Waals surface area contributed by atoms with Gasteiger partial charge in [0.2, 0.25) is 0 Å². The van der Waals surface area contributed by atoms with E-state index in [1.54, 1.807) is 0 Å². The third-order valence-corrected chi connectivity index (χ3v) is 3.28. The summed E-state index contributed by atoms with van der Waals surface area (Å²) in [6.45, 7) is 0. The number of hydrogen-bond donors (Lipinski definition) is 2. The van der Waals surface area contributed by atoms with Gasteiger partial charge in [0.15, 0.2) is 0 Å². The highest BCUT2D eigenvalue weighted by molar-refractivity contribution is 7.93. The maximum absolute atomic E-state index is 12.1. The Balaban J connectivity index is 3.23. The van der Waals surface area contributed by atoms with Crippen LogP contribution in [0.25, 0.3) is 0 Å². The fraction of sp³-hybridized carbons (Fsp3) is 0.125. The smallest absolute Gasteiger partial charge is 0.478 e. The predicted octanol–water partition coefficient (Wildman–Crippen LogP) is 2.30. The van der Waals surface area contributed by atoms with E-state index >= 15 is 0 Å². The van der Waals surface area contributed by atoms with Gasteiger partial charge in [-0.3, -0.25) is 4.72 Å². The van der Waals surface area contributed by atoms with E-state index in [0.717, 1.165) is 18.2 Å². The van der Waals surface area contributed by atoms with Gasteiger partial charge < -0.3 is 5.11 Å². The number of carboxylic acids is 1. The molecule has 1 rings (SSSR count). The van der Waals surface area contributed by atoms with Crippen molar-refractivity contribution in [1.29, 1.82) is 0 Å². The standard InChI is InChI=1S/C8H5ClF3NO4S/c9-6-4(7(14)15)2-1-3-5(6)13-18(16,17)8(10,11)12/h1-3,13H,(H,14,15). The number of halogens is 4. The first-order valence-electron chi connectivity index (χ1n) is 4.17. The van der Waals surface area contributed by atoms with Crippen LogP contribution in [0.2, 0.25) is 5.02 Å². The summed E-state index contributed by atoms with van der Waals surface area (Å²) in [7, 11) is -5.64. The first-order chi connectivity index (χ1) is 8.06. The van der Waals surface area contributed by atoms with Crippen molar-refractivity contribution in [2.24, 2.45) is 0 Å². The van der Waals surface area contributed by atoms with Crippen LogP contribution in [0.1, 0.15) is 10.4 Å². The summed E-state index contributed by atoms with van der Waals surface area (Å²) in [5, 5.41) is 8.04. The van der Waals surface area contributed by atoms with Crippen molar-refractivity contribution in [1.82, 2.24) is 0 Å². The minimum atomic E-state index is -5.64. The van der Waals surface area contributed by atoms with Crippen LogP contribution in [0.4, 0.5) is 18.9 Å². The SMILES string of the molecule is O=C(O)c1cccc(NS(=O)(=O)C(F)(F)F)c1Cl. The lowest BCUT2D eigenvalue weighted by Crippen LogP contribution is -2.30. The minimum absolute atomic E-state index is 0.515. The molecule has 0 spiro atoms. The molecule has 0 amide bonds. The Kier molecular flexibility index (Phi) is 3.77. The fourth-order valence-corrected chi connectivity index (χ4v) is 1.86. The van der Waals surface area contributed by atoms with Crippen LogP contribution in [0.3, 0.4) is 0 Å². The molecule has 1 aromatic carbocycles. The third-order valence-electron chi connectivity index (χ3n) is 1.78. The van der Waals surface area contributed by atoms with Crippen LogP contribution >= 0.6 is 11.6 Å². The molecule has 0 heterocycles. The van der Waals surface area contributed by atoms with Crippen molar-refractivity contribution < 1.29 is 31.5 Å². The lowest BCUT2D eigenvalue weighted by atomic mass is 10.2. The van der Waals surface area contributed by atoms with Gasteiger partial charge in [-0.1, -0.05) is 17.7 Å². The number of carboxylic acid groups (broad SMARTS) is 1. The molecule has 0 saturated heterocycles. The van der Waals surface area contributed by atoms with E-state index in [1.807, 2.05) is 0 Å². The maximum Gasteiger partial charge on any atom is 0.516 e. The number of benzene rings is 1. The lowest BCUT2D eigenvalue weighted by Gasteiger charge is -2.12. The molecule has 0 radical (unpaired) electrons. The van der Waals surface area contributed by atoms with Crippen LogP contribution in [-0.4, -0.2) is 25.0 Å². The molecule has 0 fully saturated rings. The van der Waals surface area contributed by atoms with Crippen LogP contribution in [0.5, 0.6) is 0 Å². The monoisotopic (exact) mass is 303 g/mol. The zero-order chi connectivity index (χ0) is 14.1. The Hall–Kier alpha value is -1.48. The average molecular weight is 304 g/mol. The largest absolute Gasteiger partial charge is 0.516 e. The molecule has 0 bridgehead atoms. The van der Waals surface area contributed by atoms with Crippen LogP contribution in [-0.2, 0) is 10.0 Å². The molecule has 0 atom stereocenters. The van der Waals surface area contributed by atoms with E-state index in [-0.39, 0.29) is 0 Å². The molecule has 10 heteroatoms. The summed E-state index contributed by atoms with van der Waals surface area (Å²) < 4.78 is 59.1. The highest BCUT2D eigenvalue weighted by atomic mass is 35.5. The van der Waals surface area contributed by atoms with E-state index < -0.39 is 37.8 Å². The van der Waals surface area contributed by atoms with Crippen molar-refractivity contribution >= 4 is 33.3 Å². The molecule has 5 nitrogen and oxygen atoms in total. The number of aromatic carboxylic acids is 1. The highest BCUT2D eigenvalue weighted by Crippen LogP contribution is 2.31. The quantitative estimate of drug-likeness (QED) is 0.897. The molecule has 0 aromatic heterocycles. The Bertz CT molecular complexity index is 584. The highest BCUT2D eigenvalue weighted by Gasteiger charge is 2.46. The predicted molar refractivity (Wildman–Crippen MR) is 57.0 cm³/mol. The molecule has 100 valence electrons. The Labute approximate surface area is 104 Å². The van der Waals surface area contributed by atoms with Gasteiger partial charge in [0.1, 0.15) is 0 Å². The average Bonchev–Trinajstić information content (AvgIpc) is 2.18. The molecule has 0 saturated carbocycles. The number of rotatable bonds is 3.